The molecule has 9 heteroatoms. The molecule has 4 aromatic rings. The van der Waals surface area contributed by atoms with Crippen LogP contribution in [0.15, 0.2) is 36.7 Å². The summed E-state index contributed by atoms with van der Waals surface area (Å²) in [5, 5.41) is 25.9. The number of methoxy groups -OCH3 is 1. The number of anilines is 4. The molecule has 0 aliphatic carbocycles. The Kier molecular flexibility index (Phi) is 5.77. The summed E-state index contributed by atoms with van der Waals surface area (Å²) in [6.07, 6.45) is 3.50. The zero-order valence-electron chi connectivity index (χ0n) is 18.2. The van der Waals surface area contributed by atoms with Gasteiger partial charge in [-0.05, 0) is 32.4 Å². The van der Waals surface area contributed by atoms with Gasteiger partial charge >= 0.3 is 0 Å². The normalized spacial score (nSPS) is 11.1. The molecule has 0 bridgehead atoms. The summed E-state index contributed by atoms with van der Waals surface area (Å²) in [5.41, 5.74) is 4.09. The van der Waals surface area contributed by atoms with Crippen molar-refractivity contribution in [2.45, 2.75) is 33.9 Å². The van der Waals surface area contributed by atoms with Gasteiger partial charge in [-0.3, -0.25) is 4.68 Å². The average molecular weight is 422 g/mol. The number of benzene rings is 1. The van der Waals surface area contributed by atoms with Crippen LogP contribution in [0.2, 0.25) is 0 Å². The highest BCUT2D eigenvalue weighted by Gasteiger charge is 2.15. The Labute approximate surface area is 180 Å². The maximum atomic E-state index is 9.20. The van der Waals surface area contributed by atoms with E-state index in [2.05, 4.69) is 34.6 Å². The minimum atomic E-state index is 0.0174. The number of aryl methyl sites for hydroxylation is 2. The van der Waals surface area contributed by atoms with Gasteiger partial charge in [0.05, 0.1) is 37.4 Å². The van der Waals surface area contributed by atoms with Gasteiger partial charge in [0.15, 0.2) is 5.82 Å². The number of pyridine rings is 1. The van der Waals surface area contributed by atoms with Crippen LogP contribution in [0.4, 0.5) is 23.1 Å². The molecular formula is C22H27N7O2. The highest BCUT2D eigenvalue weighted by atomic mass is 16.5. The second-order valence-electron chi connectivity index (χ2n) is 7.25. The molecule has 0 saturated carbocycles. The number of rotatable bonds is 8. The number of nitrogens with zero attached hydrogens (tertiary/aromatic N) is 5. The lowest BCUT2D eigenvalue weighted by Crippen LogP contribution is -2.08. The molecule has 0 aliphatic rings. The lowest BCUT2D eigenvalue weighted by Gasteiger charge is -2.14. The molecule has 3 aromatic heterocycles. The first kappa shape index (κ1) is 20.7. The predicted octanol–water partition coefficient (Wildman–Crippen LogP) is 3.75. The molecule has 0 spiro atoms. The van der Waals surface area contributed by atoms with Gasteiger partial charge in [-0.2, -0.15) is 10.2 Å². The van der Waals surface area contributed by atoms with Crippen LogP contribution in [-0.4, -0.2) is 43.4 Å². The monoisotopic (exact) mass is 421 g/mol. The molecular weight excluding hydrogens is 394 g/mol. The first-order valence-corrected chi connectivity index (χ1v) is 10.2. The van der Waals surface area contributed by atoms with Crippen LogP contribution < -0.4 is 15.4 Å². The number of ether oxygens (including phenoxy) is 1. The van der Waals surface area contributed by atoms with E-state index in [-0.39, 0.29) is 6.61 Å². The van der Waals surface area contributed by atoms with Gasteiger partial charge < -0.3 is 20.5 Å². The lowest BCUT2D eigenvalue weighted by atomic mass is 10.1. The van der Waals surface area contributed by atoms with Crippen molar-refractivity contribution in [3.63, 3.8) is 0 Å². The Hall–Kier alpha value is -3.59. The number of nitrogens with one attached hydrogen (secondary N) is 2. The Morgan fingerprint density at radius 3 is 2.71 bits per heavy atom. The average Bonchev–Trinajstić information content (AvgIpc) is 3.35. The van der Waals surface area contributed by atoms with Gasteiger partial charge in [0, 0.05) is 36.1 Å². The Bertz CT molecular complexity index is 1210. The maximum absolute atomic E-state index is 9.20. The predicted molar refractivity (Wildman–Crippen MR) is 122 cm³/mol. The van der Waals surface area contributed by atoms with Gasteiger partial charge in [0.1, 0.15) is 17.4 Å². The molecule has 162 valence electrons. The fourth-order valence-electron chi connectivity index (χ4n) is 3.67. The molecule has 3 heterocycles. The van der Waals surface area contributed by atoms with Gasteiger partial charge in [-0.15, -0.1) is 0 Å². The molecule has 4 rings (SSSR count). The highest BCUT2D eigenvalue weighted by molar-refractivity contribution is 5.93. The summed E-state index contributed by atoms with van der Waals surface area (Å²) >= 11 is 0. The van der Waals surface area contributed by atoms with Gasteiger partial charge in [0.25, 0.3) is 0 Å². The van der Waals surface area contributed by atoms with Crippen molar-refractivity contribution in [3.8, 4) is 5.75 Å². The second kappa shape index (κ2) is 8.65. The van der Waals surface area contributed by atoms with E-state index in [1.54, 1.807) is 18.0 Å². The van der Waals surface area contributed by atoms with Crippen molar-refractivity contribution in [1.29, 1.82) is 0 Å². The summed E-state index contributed by atoms with van der Waals surface area (Å²) in [6, 6.07) is 7.82. The SMILES string of the molecule is CCn1nc(Nc2c(C)ccc(OC)c2C)c2cnc(Nc3ccnn3CCO)cc21. The molecule has 3 N–H and O–H groups in total. The summed E-state index contributed by atoms with van der Waals surface area (Å²) in [7, 11) is 1.67. The molecule has 0 unspecified atom stereocenters. The minimum absolute atomic E-state index is 0.0174. The van der Waals surface area contributed by atoms with Crippen molar-refractivity contribution in [1.82, 2.24) is 24.5 Å². The number of aliphatic hydroxyl groups excluding tert-OH is 1. The summed E-state index contributed by atoms with van der Waals surface area (Å²) in [5.74, 6) is 3.03. The van der Waals surface area contributed by atoms with E-state index in [0.717, 1.165) is 51.6 Å². The first-order valence-electron chi connectivity index (χ1n) is 10.2. The summed E-state index contributed by atoms with van der Waals surface area (Å²) in [6.45, 7) is 7.30. The number of hydrogen-bond acceptors (Lipinski definition) is 7. The molecule has 1 aromatic carbocycles. The van der Waals surface area contributed by atoms with Crippen LogP contribution in [-0.2, 0) is 13.1 Å². The van der Waals surface area contributed by atoms with Crippen molar-refractivity contribution >= 4 is 34.0 Å². The van der Waals surface area contributed by atoms with Crippen molar-refractivity contribution in [2.24, 2.45) is 0 Å². The topological polar surface area (TPSA) is 102 Å². The van der Waals surface area contributed by atoms with Crippen molar-refractivity contribution in [3.05, 3.63) is 47.8 Å². The van der Waals surface area contributed by atoms with Gasteiger partial charge in [0.2, 0.25) is 0 Å². The third kappa shape index (κ3) is 3.91. The Morgan fingerprint density at radius 2 is 1.97 bits per heavy atom. The van der Waals surface area contributed by atoms with Gasteiger partial charge in [-0.25, -0.2) is 9.67 Å². The fourth-order valence-corrected chi connectivity index (χ4v) is 3.67. The first-order chi connectivity index (χ1) is 15.0. The lowest BCUT2D eigenvalue weighted by molar-refractivity contribution is 0.270. The van der Waals surface area contributed by atoms with Crippen molar-refractivity contribution in [2.75, 3.05) is 24.4 Å². The van der Waals surface area contributed by atoms with Crippen LogP contribution >= 0.6 is 0 Å². The number of aromatic nitrogens is 5. The van der Waals surface area contributed by atoms with Crippen LogP contribution in [0.1, 0.15) is 18.1 Å². The van der Waals surface area contributed by atoms with E-state index in [4.69, 9.17) is 9.84 Å². The summed E-state index contributed by atoms with van der Waals surface area (Å²) in [4.78, 5) is 4.58. The van der Waals surface area contributed by atoms with Crippen LogP contribution in [0.25, 0.3) is 10.9 Å². The third-order valence-corrected chi connectivity index (χ3v) is 5.31. The van der Waals surface area contributed by atoms with Crippen molar-refractivity contribution < 1.29 is 9.84 Å². The van der Waals surface area contributed by atoms with E-state index in [9.17, 15) is 5.11 Å². The Morgan fingerprint density at radius 1 is 1.13 bits per heavy atom. The van der Waals surface area contributed by atoms with E-state index in [1.807, 2.05) is 42.1 Å². The maximum Gasteiger partial charge on any atom is 0.161 e. The number of hydrogen-bond donors (Lipinski definition) is 3. The zero-order valence-corrected chi connectivity index (χ0v) is 18.2. The molecule has 0 atom stereocenters. The molecule has 0 aliphatic heterocycles. The van der Waals surface area contributed by atoms with Crippen LogP contribution in [0, 0.1) is 13.8 Å². The minimum Gasteiger partial charge on any atom is -0.496 e. The highest BCUT2D eigenvalue weighted by Crippen LogP contribution is 2.34. The smallest absolute Gasteiger partial charge is 0.161 e. The Balaban J connectivity index is 1.70. The number of fused-ring (bicyclic) bond motifs is 1. The standard InChI is InChI=1S/C22H27N7O2/c1-5-28-17-12-19(25-20-8-9-24-29(20)10-11-30)23-13-16(17)22(27-28)26-21-14(2)6-7-18(31-4)15(21)3/h6-9,12-13,30H,5,10-11H2,1-4H3,(H,23,25)(H,26,27). The zero-order chi connectivity index (χ0) is 22.0. The second-order valence-corrected chi connectivity index (χ2v) is 7.25. The molecule has 9 nitrogen and oxygen atoms in total. The quantitative estimate of drug-likeness (QED) is 0.398. The van der Waals surface area contributed by atoms with Crippen LogP contribution in [0.3, 0.4) is 0 Å². The third-order valence-electron chi connectivity index (χ3n) is 5.31. The van der Waals surface area contributed by atoms with E-state index in [1.165, 1.54) is 0 Å². The molecule has 31 heavy (non-hydrogen) atoms. The molecule has 0 saturated heterocycles. The van der Waals surface area contributed by atoms with Gasteiger partial charge in [-0.1, -0.05) is 6.07 Å². The molecule has 0 radical (unpaired) electrons. The number of aliphatic hydroxyl groups is 1. The largest absolute Gasteiger partial charge is 0.496 e. The fraction of sp³-hybridized carbons (Fsp3) is 0.318. The van der Waals surface area contributed by atoms with E-state index in [0.29, 0.717) is 12.4 Å². The molecule has 0 amide bonds. The summed E-state index contributed by atoms with van der Waals surface area (Å²) < 4.78 is 9.12. The van der Waals surface area contributed by atoms with E-state index >= 15 is 0 Å². The molecule has 0 fully saturated rings. The van der Waals surface area contributed by atoms with Crippen LogP contribution in [0.5, 0.6) is 5.75 Å². The van der Waals surface area contributed by atoms with E-state index < -0.39 is 0 Å².